The van der Waals surface area contributed by atoms with E-state index in [9.17, 15) is 43.2 Å². The van der Waals surface area contributed by atoms with Crippen LogP contribution in [-0.2, 0) is 65.4 Å². The van der Waals surface area contributed by atoms with Gasteiger partial charge in [-0.25, -0.2) is 9.13 Å². The van der Waals surface area contributed by atoms with Crippen LogP contribution in [0.4, 0.5) is 0 Å². The van der Waals surface area contributed by atoms with E-state index in [0.29, 0.717) is 25.7 Å². The predicted octanol–water partition coefficient (Wildman–Crippen LogP) is 22.3. The van der Waals surface area contributed by atoms with Crippen molar-refractivity contribution in [1.29, 1.82) is 0 Å². The summed E-state index contributed by atoms with van der Waals surface area (Å²) in [5, 5.41) is 10.6. The lowest BCUT2D eigenvalue weighted by Gasteiger charge is -2.21. The molecule has 0 saturated heterocycles. The number of esters is 4. The molecule has 0 aromatic carbocycles. The number of hydrogen-bond acceptors (Lipinski definition) is 15. The van der Waals surface area contributed by atoms with Crippen LogP contribution < -0.4 is 0 Å². The van der Waals surface area contributed by atoms with Crippen molar-refractivity contribution in [1.82, 2.24) is 0 Å². The number of phosphoric ester groups is 2. The van der Waals surface area contributed by atoms with Gasteiger partial charge >= 0.3 is 39.5 Å². The standard InChI is InChI=1S/C81H138O17P2/c1-5-9-13-17-21-25-29-32-35-36-37-38-41-43-47-50-54-58-62-66-79(84)91-71-76(97-80(85)67-63-59-55-51-45-28-24-20-16-12-8-4)73-95-99(87,88)93-69-75(82)70-94-100(89,90)96-74-77(98-81(86)68-64-60-56-52-48-44-40-34-31-27-23-19-15-11-7-3)72-92-78(83)65-61-57-53-49-46-42-39-33-30-26-22-18-14-10-6-2/h9-10,13-14,21-22,25-26,32-35,37-40,46,49,57,61,75-77,82H,5-8,11-12,15-20,23-24,27-31,36,41-45,47-48,50-56,58-60,62-74H2,1-4H3,(H,87,88)(H,89,90)/b13-9-,14-10-,25-21-,26-22-,35-32-,38-37-,39-33-,40-34-,49-46-,61-57-. The lowest BCUT2D eigenvalue weighted by Crippen LogP contribution is -2.30. The highest BCUT2D eigenvalue weighted by Gasteiger charge is 2.30. The predicted molar refractivity (Wildman–Crippen MR) is 408 cm³/mol. The normalized spacial score (nSPS) is 14.6. The second-order valence-electron chi connectivity index (χ2n) is 25.6. The lowest BCUT2D eigenvalue weighted by molar-refractivity contribution is -0.161. The van der Waals surface area contributed by atoms with Crippen molar-refractivity contribution in [3.63, 3.8) is 0 Å². The van der Waals surface area contributed by atoms with Gasteiger partial charge < -0.3 is 33.8 Å². The summed E-state index contributed by atoms with van der Waals surface area (Å²) in [5.41, 5.74) is 0. The zero-order valence-electron chi connectivity index (χ0n) is 62.6. The third-order valence-corrected chi connectivity index (χ3v) is 17.9. The number of phosphoric acid groups is 2. The summed E-state index contributed by atoms with van der Waals surface area (Å²) in [6.07, 6.45) is 79.3. The topological polar surface area (TPSA) is 237 Å². The highest BCUT2D eigenvalue weighted by atomic mass is 31.2. The minimum Gasteiger partial charge on any atom is -0.462 e. The summed E-state index contributed by atoms with van der Waals surface area (Å²) in [5.74, 6) is -2.34. The number of ether oxygens (including phenoxy) is 4. The Labute approximate surface area is 606 Å². The van der Waals surface area contributed by atoms with E-state index in [4.69, 9.17) is 37.0 Å². The molecule has 0 heterocycles. The Bertz CT molecular complexity index is 2370. The Balaban J connectivity index is 5.38. The largest absolute Gasteiger partial charge is 0.472 e. The van der Waals surface area contributed by atoms with Crippen LogP contribution in [0.1, 0.15) is 310 Å². The molecule has 0 amide bonds. The average molecular weight is 1450 g/mol. The summed E-state index contributed by atoms with van der Waals surface area (Å²) >= 11 is 0. The molecule has 0 rings (SSSR count). The molecule has 0 saturated carbocycles. The number of aliphatic hydroxyl groups excluding tert-OH is 1. The van der Waals surface area contributed by atoms with Crippen LogP contribution in [0.25, 0.3) is 0 Å². The molecule has 100 heavy (non-hydrogen) atoms. The average Bonchev–Trinajstić information content (AvgIpc) is 0.966. The van der Waals surface area contributed by atoms with E-state index < -0.39 is 97.5 Å². The Hall–Kier alpha value is -4.54. The molecule has 0 radical (unpaired) electrons. The van der Waals surface area contributed by atoms with Crippen LogP contribution in [0, 0.1) is 0 Å². The number of hydrogen-bond donors (Lipinski definition) is 3. The molecule has 0 aliphatic heterocycles. The molecular formula is C81H138O17P2. The molecule has 3 N–H and O–H groups in total. The Morgan fingerprint density at radius 2 is 0.560 bits per heavy atom. The zero-order valence-corrected chi connectivity index (χ0v) is 64.4. The lowest BCUT2D eigenvalue weighted by atomic mass is 10.1. The van der Waals surface area contributed by atoms with Gasteiger partial charge in [0, 0.05) is 19.3 Å². The van der Waals surface area contributed by atoms with Crippen molar-refractivity contribution in [2.75, 3.05) is 39.6 Å². The minimum atomic E-state index is -5.00. The maximum absolute atomic E-state index is 13.1. The molecule has 5 unspecified atom stereocenters. The fourth-order valence-corrected chi connectivity index (χ4v) is 11.7. The van der Waals surface area contributed by atoms with Gasteiger partial charge in [0.1, 0.15) is 19.3 Å². The van der Waals surface area contributed by atoms with Gasteiger partial charge in [-0.05, 0) is 116 Å². The third kappa shape index (κ3) is 71.8. The molecule has 0 fully saturated rings. The molecule has 0 aromatic heterocycles. The van der Waals surface area contributed by atoms with Crippen LogP contribution in [-0.4, -0.2) is 96.7 Å². The van der Waals surface area contributed by atoms with Crippen molar-refractivity contribution in [2.45, 2.75) is 329 Å². The SMILES string of the molecule is CC/C=C\C/C=C\C/C=C\C/C=C\C/C=C\CC(=O)OCC(COP(=O)(O)OCC(O)COP(=O)(O)OCC(COC(=O)CCCCCCCC/C=C\C/C=C\C/C=C\C/C=C\CC)OC(=O)CCCCCCCCCCCCC)OC(=O)CCCCCCC/C=C\CCCCCCCC. The highest BCUT2D eigenvalue weighted by Crippen LogP contribution is 2.45. The monoisotopic (exact) mass is 1440 g/mol. The molecule has 0 aliphatic carbocycles. The van der Waals surface area contributed by atoms with Gasteiger partial charge in [0.05, 0.1) is 32.8 Å². The van der Waals surface area contributed by atoms with Crippen molar-refractivity contribution in [2.24, 2.45) is 0 Å². The molecule has 17 nitrogen and oxygen atoms in total. The van der Waals surface area contributed by atoms with Crippen LogP contribution in [0.5, 0.6) is 0 Å². The summed E-state index contributed by atoms with van der Waals surface area (Å²) < 4.78 is 68.3. The number of carbonyl (C=O) groups is 4. The first kappa shape index (κ1) is 95.5. The fraction of sp³-hybridized carbons (Fsp3) is 0.704. The molecule has 0 spiro atoms. The van der Waals surface area contributed by atoms with E-state index in [1.807, 2.05) is 18.2 Å². The van der Waals surface area contributed by atoms with Gasteiger partial charge in [-0.3, -0.25) is 37.3 Å². The summed E-state index contributed by atoms with van der Waals surface area (Å²) in [7, 11) is -9.98. The number of rotatable bonds is 72. The first-order valence-corrected chi connectivity index (χ1v) is 41.8. The Morgan fingerprint density at radius 3 is 0.900 bits per heavy atom. The maximum Gasteiger partial charge on any atom is 0.472 e. The number of aliphatic hydroxyl groups is 1. The van der Waals surface area contributed by atoms with E-state index in [1.165, 1.54) is 77.0 Å². The van der Waals surface area contributed by atoms with Gasteiger partial charge in [-0.2, -0.15) is 0 Å². The van der Waals surface area contributed by atoms with Gasteiger partial charge in [0.15, 0.2) is 12.2 Å². The molecule has 574 valence electrons. The first-order valence-electron chi connectivity index (χ1n) is 38.8. The van der Waals surface area contributed by atoms with Crippen molar-refractivity contribution in [3.05, 3.63) is 122 Å². The third-order valence-electron chi connectivity index (χ3n) is 16.0. The van der Waals surface area contributed by atoms with Gasteiger partial charge in [-0.15, -0.1) is 0 Å². The summed E-state index contributed by atoms with van der Waals surface area (Å²) in [6.45, 7) is 4.51. The number of unbranched alkanes of at least 4 members (excludes halogenated alkanes) is 27. The van der Waals surface area contributed by atoms with Crippen LogP contribution in [0.15, 0.2) is 122 Å². The summed E-state index contributed by atoms with van der Waals surface area (Å²) in [4.78, 5) is 72.8. The second-order valence-corrected chi connectivity index (χ2v) is 28.5. The molecule has 5 atom stereocenters. The van der Waals surface area contributed by atoms with E-state index in [1.54, 1.807) is 6.08 Å². The maximum atomic E-state index is 13.1. The smallest absolute Gasteiger partial charge is 0.462 e. The molecule has 0 aliphatic rings. The van der Waals surface area contributed by atoms with Crippen LogP contribution in [0.2, 0.25) is 0 Å². The molecule has 19 heteroatoms. The van der Waals surface area contributed by atoms with Crippen LogP contribution >= 0.6 is 15.6 Å². The van der Waals surface area contributed by atoms with E-state index in [0.717, 1.165) is 154 Å². The fourth-order valence-electron chi connectivity index (χ4n) is 10.1. The van der Waals surface area contributed by atoms with E-state index in [-0.39, 0.29) is 25.7 Å². The molecule has 0 bridgehead atoms. The first-order chi connectivity index (χ1) is 48.7. The Morgan fingerprint density at radius 1 is 0.300 bits per heavy atom. The van der Waals surface area contributed by atoms with E-state index >= 15 is 0 Å². The van der Waals surface area contributed by atoms with Gasteiger partial charge in [0.2, 0.25) is 0 Å². The van der Waals surface area contributed by atoms with Crippen LogP contribution in [0.3, 0.4) is 0 Å². The highest BCUT2D eigenvalue weighted by molar-refractivity contribution is 7.47. The number of carbonyl (C=O) groups excluding carboxylic acids is 4. The molecular weight excluding hydrogens is 1310 g/mol. The van der Waals surface area contributed by atoms with Crippen molar-refractivity contribution >= 4 is 39.5 Å². The van der Waals surface area contributed by atoms with Gasteiger partial charge in [-0.1, -0.05) is 290 Å². The minimum absolute atomic E-state index is 0.0646. The van der Waals surface area contributed by atoms with E-state index in [2.05, 4.69) is 125 Å². The van der Waals surface area contributed by atoms with Crippen molar-refractivity contribution < 1.29 is 80.2 Å². The second kappa shape index (κ2) is 72.8. The van der Waals surface area contributed by atoms with Crippen molar-refractivity contribution in [3.8, 4) is 0 Å². The Kier molecular flexibility index (Phi) is 69.5. The molecule has 0 aromatic rings. The zero-order chi connectivity index (χ0) is 73.2. The van der Waals surface area contributed by atoms with Gasteiger partial charge in [0.25, 0.3) is 0 Å². The quantitative estimate of drug-likeness (QED) is 0.0169. The number of allylic oxidation sites excluding steroid dienone is 19. The summed E-state index contributed by atoms with van der Waals surface area (Å²) in [6, 6.07) is 0.